The number of pyridine rings is 1. The molecule has 2 aromatic heterocycles. The smallest absolute Gasteiger partial charge is 0.262 e. The fraction of sp³-hybridized carbons (Fsp3) is 0.611. The highest BCUT2D eigenvalue weighted by Gasteiger charge is 2.28. The molecule has 1 saturated heterocycles. The van der Waals surface area contributed by atoms with Crippen LogP contribution in [0.25, 0.3) is 10.9 Å². The average Bonchev–Trinajstić information content (AvgIpc) is 2.59. The summed E-state index contributed by atoms with van der Waals surface area (Å²) < 4.78 is 1.83. The van der Waals surface area contributed by atoms with Crippen molar-refractivity contribution in [3.63, 3.8) is 0 Å². The van der Waals surface area contributed by atoms with E-state index in [4.69, 9.17) is 4.98 Å². The van der Waals surface area contributed by atoms with Crippen molar-refractivity contribution < 1.29 is 0 Å². The van der Waals surface area contributed by atoms with Gasteiger partial charge in [-0.05, 0) is 26.3 Å². The van der Waals surface area contributed by atoms with Gasteiger partial charge in [-0.25, -0.2) is 4.98 Å². The van der Waals surface area contributed by atoms with Crippen molar-refractivity contribution in [2.45, 2.75) is 52.2 Å². The van der Waals surface area contributed by atoms with Crippen LogP contribution in [0, 0.1) is 0 Å². The van der Waals surface area contributed by atoms with E-state index < -0.39 is 0 Å². The largest absolute Gasteiger partial charge is 0.312 e. The second-order valence-corrected chi connectivity index (χ2v) is 6.57. The van der Waals surface area contributed by atoms with Crippen LogP contribution in [0.5, 0.6) is 0 Å². The molecule has 0 spiro atoms. The molecule has 6 heteroatoms. The molecule has 0 saturated carbocycles. The van der Waals surface area contributed by atoms with Gasteiger partial charge in [0, 0.05) is 44.6 Å². The van der Waals surface area contributed by atoms with Crippen molar-refractivity contribution in [3.05, 3.63) is 34.6 Å². The molecule has 1 aliphatic rings. The van der Waals surface area contributed by atoms with Crippen LogP contribution < -0.4 is 10.9 Å². The lowest BCUT2D eigenvalue weighted by molar-refractivity contribution is 0.132. The zero-order valence-corrected chi connectivity index (χ0v) is 14.8. The number of hydrogen-bond acceptors (Lipinski definition) is 5. The number of nitrogens with zero attached hydrogens (tertiary/aromatic N) is 4. The first-order valence-corrected chi connectivity index (χ1v) is 8.97. The first kappa shape index (κ1) is 17.0. The predicted octanol–water partition coefficient (Wildman–Crippen LogP) is 1.95. The van der Waals surface area contributed by atoms with Gasteiger partial charge < -0.3 is 5.32 Å². The third-order valence-corrected chi connectivity index (χ3v) is 4.80. The Bertz CT molecular complexity index is 757. The molecule has 1 N–H and O–H groups in total. The van der Waals surface area contributed by atoms with Crippen LogP contribution >= 0.6 is 0 Å². The first-order chi connectivity index (χ1) is 11.7. The molecule has 6 nitrogen and oxygen atoms in total. The van der Waals surface area contributed by atoms with E-state index in [-0.39, 0.29) is 11.6 Å². The Kier molecular flexibility index (Phi) is 5.26. The van der Waals surface area contributed by atoms with Crippen molar-refractivity contribution >= 4 is 10.9 Å². The number of rotatable bonds is 5. The van der Waals surface area contributed by atoms with E-state index in [0.29, 0.717) is 18.0 Å². The van der Waals surface area contributed by atoms with Crippen LogP contribution in [0.3, 0.4) is 0 Å². The maximum atomic E-state index is 12.9. The summed E-state index contributed by atoms with van der Waals surface area (Å²) in [5, 5.41) is 4.09. The maximum Gasteiger partial charge on any atom is 0.262 e. The maximum absolute atomic E-state index is 12.9. The number of fused-ring (bicyclic) bond motifs is 1. The minimum absolute atomic E-state index is 0.0230. The summed E-state index contributed by atoms with van der Waals surface area (Å²) in [6, 6.07) is 2.48. The second-order valence-electron chi connectivity index (χ2n) is 6.57. The van der Waals surface area contributed by atoms with Crippen molar-refractivity contribution in [2.75, 3.05) is 19.6 Å². The van der Waals surface area contributed by atoms with E-state index >= 15 is 0 Å². The molecule has 1 fully saturated rings. The molecule has 3 heterocycles. The Morgan fingerprint density at radius 2 is 2.25 bits per heavy atom. The van der Waals surface area contributed by atoms with Gasteiger partial charge in [0.05, 0.1) is 16.9 Å². The van der Waals surface area contributed by atoms with Crippen LogP contribution in [-0.2, 0) is 6.54 Å². The van der Waals surface area contributed by atoms with E-state index in [1.807, 2.05) is 17.6 Å². The lowest BCUT2D eigenvalue weighted by atomic mass is 10.1. The molecular formula is C18H27N5O. The zero-order chi connectivity index (χ0) is 17.1. The van der Waals surface area contributed by atoms with Crippen molar-refractivity contribution in [3.8, 4) is 0 Å². The normalized spacial score (nSPS) is 20.4. The summed E-state index contributed by atoms with van der Waals surface area (Å²) in [6.45, 7) is 10.0. The quantitative estimate of drug-likeness (QED) is 0.908. The van der Waals surface area contributed by atoms with Crippen LogP contribution in [0.2, 0.25) is 0 Å². The molecule has 2 atom stereocenters. The van der Waals surface area contributed by atoms with Gasteiger partial charge in [-0.2, -0.15) is 0 Å². The van der Waals surface area contributed by atoms with Crippen LogP contribution in [0.15, 0.2) is 23.3 Å². The SMILES string of the molecule is CCC[C@H](c1nc2ccncc2c(=O)n1CC)N1CCN[C@H](C)C1. The number of piperazine rings is 1. The summed E-state index contributed by atoms with van der Waals surface area (Å²) in [5.41, 5.74) is 0.772. The lowest BCUT2D eigenvalue weighted by Crippen LogP contribution is -2.51. The molecule has 0 amide bonds. The van der Waals surface area contributed by atoms with Crippen LogP contribution in [0.1, 0.15) is 45.5 Å². The second kappa shape index (κ2) is 7.40. The zero-order valence-electron chi connectivity index (χ0n) is 14.8. The molecule has 24 heavy (non-hydrogen) atoms. The molecule has 0 aromatic carbocycles. The highest BCUT2D eigenvalue weighted by molar-refractivity contribution is 5.76. The van der Waals surface area contributed by atoms with Gasteiger partial charge in [-0.15, -0.1) is 0 Å². The van der Waals surface area contributed by atoms with Gasteiger partial charge in [0.1, 0.15) is 5.82 Å². The van der Waals surface area contributed by atoms with Gasteiger partial charge in [0.2, 0.25) is 0 Å². The molecule has 130 valence electrons. The minimum atomic E-state index is 0.0230. The number of hydrogen-bond donors (Lipinski definition) is 1. The molecule has 1 aliphatic heterocycles. The third kappa shape index (κ3) is 3.21. The lowest BCUT2D eigenvalue weighted by Gasteiger charge is -2.38. The molecule has 0 aliphatic carbocycles. The Morgan fingerprint density at radius 1 is 1.42 bits per heavy atom. The van der Waals surface area contributed by atoms with Gasteiger partial charge in [-0.3, -0.25) is 19.2 Å². The Labute approximate surface area is 142 Å². The molecule has 0 unspecified atom stereocenters. The molecule has 3 rings (SSSR count). The fourth-order valence-corrected chi connectivity index (χ4v) is 3.64. The van der Waals surface area contributed by atoms with E-state index in [1.165, 1.54) is 0 Å². The number of nitrogens with one attached hydrogen (secondary N) is 1. The van der Waals surface area contributed by atoms with E-state index in [9.17, 15) is 4.79 Å². The van der Waals surface area contributed by atoms with Crippen LogP contribution in [-0.4, -0.2) is 45.1 Å². The summed E-state index contributed by atoms with van der Waals surface area (Å²) in [5.74, 6) is 0.900. The fourth-order valence-electron chi connectivity index (χ4n) is 3.64. The van der Waals surface area contributed by atoms with Gasteiger partial charge in [0.25, 0.3) is 5.56 Å². The van der Waals surface area contributed by atoms with Crippen LogP contribution in [0.4, 0.5) is 0 Å². The highest BCUT2D eigenvalue weighted by Crippen LogP contribution is 2.26. The Morgan fingerprint density at radius 3 is 2.96 bits per heavy atom. The summed E-state index contributed by atoms with van der Waals surface area (Å²) in [7, 11) is 0. The third-order valence-electron chi connectivity index (χ3n) is 4.80. The van der Waals surface area contributed by atoms with E-state index in [2.05, 4.69) is 29.0 Å². The number of aromatic nitrogens is 3. The van der Waals surface area contributed by atoms with Gasteiger partial charge >= 0.3 is 0 Å². The summed E-state index contributed by atoms with van der Waals surface area (Å²) in [4.78, 5) is 24.3. The highest BCUT2D eigenvalue weighted by atomic mass is 16.1. The van der Waals surface area contributed by atoms with E-state index in [1.54, 1.807) is 12.4 Å². The minimum Gasteiger partial charge on any atom is -0.312 e. The topological polar surface area (TPSA) is 63.1 Å². The molecule has 0 radical (unpaired) electrons. The van der Waals surface area contributed by atoms with Crippen molar-refractivity contribution in [1.82, 2.24) is 24.8 Å². The standard InChI is InChI=1S/C18H27N5O/c1-4-6-16(22-10-9-20-13(3)12-22)17-21-15-7-8-19-11-14(15)18(24)23(17)5-2/h7-8,11,13,16,20H,4-6,9-10,12H2,1-3H3/t13-,16-/m1/s1. The summed E-state index contributed by atoms with van der Waals surface area (Å²) >= 11 is 0. The monoisotopic (exact) mass is 329 g/mol. The Balaban J connectivity index is 2.11. The predicted molar refractivity (Wildman–Crippen MR) is 96.2 cm³/mol. The van der Waals surface area contributed by atoms with Gasteiger partial charge in [0.15, 0.2) is 0 Å². The summed E-state index contributed by atoms with van der Waals surface area (Å²) in [6.07, 6.45) is 5.41. The molecule has 2 aromatic rings. The first-order valence-electron chi connectivity index (χ1n) is 8.97. The average molecular weight is 329 g/mol. The van der Waals surface area contributed by atoms with Crippen molar-refractivity contribution in [1.29, 1.82) is 0 Å². The van der Waals surface area contributed by atoms with E-state index in [0.717, 1.165) is 43.8 Å². The Hall–Kier alpha value is -1.79. The molecule has 0 bridgehead atoms. The molecular weight excluding hydrogens is 302 g/mol. The van der Waals surface area contributed by atoms with Gasteiger partial charge in [-0.1, -0.05) is 13.3 Å². The van der Waals surface area contributed by atoms with Crippen molar-refractivity contribution in [2.24, 2.45) is 0 Å².